The fourth-order valence-electron chi connectivity index (χ4n) is 1.99. The van der Waals surface area contributed by atoms with Crippen molar-refractivity contribution in [2.75, 3.05) is 40.3 Å². The molecule has 1 aromatic rings. The number of aliphatic imine (C=N–C) groups is 1. The molecular formula is C18H30N4O2. The van der Waals surface area contributed by atoms with Gasteiger partial charge in [0.05, 0.1) is 6.10 Å². The van der Waals surface area contributed by atoms with Gasteiger partial charge in [-0.15, -0.1) is 0 Å². The van der Waals surface area contributed by atoms with Crippen molar-refractivity contribution in [2.24, 2.45) is 4.99 Å². The lowest BCUT2D eigenvalue weighted by molar-refractivity contribution is -0.127. The Hall–Kier alpha value is -2.08. The Bertz CT molecular complexity index is 503. The number of nitrogens with one attached hydrogen (secondary N) is 2. The summed E-state index contributed by atoms with van der Waals surface area (Å²) >= 11 is 0. The van der Waals surface area contributed by atoms with Gasteiger partial charge >= 0.3 is 0 Å². The molecule has 0 heterocycles. The van der Waals surface area contributed by atoms with Crippen molar-refractivity contribution in [1.82, 2.24) is 15.5 Å². The van der Waals surface area contributed by atoms with E-state index < -0.39 is 0 Å². The van der Waals surface area contributed by atoms with Gasteiger partial charge in [0.1, 0.15) is 6.54 Å². The third kappa shape index (κ3) is 7.97. The molecule has 0 fully saturated rings. The predicted octanol–water partition coefficient (Wildman–Crippen LogP) is 1.80. The molecule has 2 N–H and O–H groups in total. The van der Waals surface area contributed by atoms with Crippen LogP contribution in [0, 0.1) is 0 Å². The van der Waals surface area contributed by atoms with Gasteiger partial charge in [-0.3, -0.25) is 4.79 Å². The highest BCUT2D eigenvalue weighted by molar-refractivity contribution is 5.84. The van der Waals surface area contributed by atoms with E-state index in [-0.39, 0.29) is 18.6 Å². The van der Waals surface area contributed by atoms with Crippen LogP contribution < -0.4 is 10.6 Å². The maximum Gasteiger partial charge on any atom is 0.243 e. The lowest BCUT2D eigenvalue weighted by Crippen LogP contribution is -2.39. The molecule has 0 saturated heterocycles. The van der Waals surface area contributed by atoms with Crippen molar-refractivity contribution in [1.29, 1.82) is 0 Å². The molecule has 0 saturated carbocycles. The van der Waals surface area contributed by atoms with E-state index in [0.717, 1.165) is 19.5 Å². The Morgan fingerprint density at radius 2 is 1.96 bits per heavy atom. The number of rotatable bonds is 9. The number of likely N-dealkylation sites (N-methyl/N-ethyl adjacent to an activating group) is 1. The van der Waals surface area contributed by atoms with Crippen LogP contribution in [0.1, 0.15) is 31.9 Å². The maximum atomic E-state index is 11.6. The quantitative estimate of drug-likeness (QED) is 0.411. The molecule has 0 radical (unpaired) electrons. The van der Waals surface area contributed by atoms with E-state index in [9.17, 15) is 4.79 Å². The first-order valence-corrected chi connectivity index (χ1v) is 8.43. The van der Waals surface area contributed by atoms with Crippen LogP contribution in [0.25, 0.3) is 0 Å². The molecule has 0 spiro atoms. The summed E-state index contributed by atoms with van der Waals surface area (Å²) in [5.74, 6) is 0.635. The summed E-state index contributed by atoms with van der Waals surface area (Å²) in [4.78, 5) is 17.4. The summed E-state index contributed by atoms with van der Waals surface area (Å²) in [7, 11) is 3.45. The van der Waals surface area contributed by atoms with Crippen LogP contribution in [-0.4, -0.2) is 57.1 Å². The second-order valence-corrected chi connectivity index (χ2v) is 5.69. The zero-order valence-corrected chi connectivity index (χ0v) is 15.2. The van der Waals surface area contributed by atoms with Gasteiger partial charge in [-0.1, -0.05) is 30.3 Å². The summed E-state index contributed by atoms with van der Waals surface area (Å²) in [5.41, 5.74) is 1.18. The predicted molar refractivity (Wildman–Crippen MR) is 98.1 cm³/mol. The number of hydrogen-bond donors (Lipinski definition) is 2. The van der Waals surface area contributed by atoms with Gasteiger partial charge in [-0.2, -0.15) is 0 Å². The number of guanidine groups is 1. The van der Waals surface area contributed by atoms with Crippen LogP contribution in [0.15, 0.2) is 35.3 Å². The second kappa shape index (κ2) is 11.5. The third-order valence-corrected chi connectivity index (χ3v) is 3.47. The summed E-state index contributed by atoms with van der Waals surface area (Å²) in [6.07, 6.45) is 0.953. The van der Waals surface area contributed by atoms with Crippen molar-refractivity contribution in [3.63, 3.8) is 0 Å². The number of hydrogen-bond acceptors (Lipinski definition) is 3. The molecule has 6 heteroatoms. The van der Waals surface area contributed by atoms with Crippen molar-refractivity contribution in [3.05, 3.63) is 35.9 Å². The Morgan fingerprint density at radius 1 is 1.25 bits per heavy atom. The summed E-state index contributed by atoms with van der Waals surface area (Å²) in [6, 6.07) is 10.2. The molecular weight excluding hydrogens is 304 g/mol. The minimum atomic E-state index is -0.0211. The van der Waals surface area contributed by atoms with E-state index in [0.29, 0.717) is 12.6 Å². The minimum absolute atomic E-state index is 0.0211. The van der Waals surface area contributed by atoms with Crippen LogP contribution in [-0.2, 0) is 9.53 Å². The minimum Gasteiger partial charge on any atom is -0.374 e. The SMILES string of the molecule is CCNC(=NCC(=O)N(C)C)NCCCOC(C)c1ccccc1. The molecule has 0 bridgehead atoms. The third-order valence-electron chi connectivity index (χ3n) is 3.47. The summed E-state index contributed by atoms with van der Waals surface area (Å²) < 4.78 is 5.84. The van der Waals surface area contributed by atoms with Gasteiger partial charge in [-0.05, 0) is 25.8 Å². The van der Waals surface area contributed by atoms with Crippen molar-refractivity contribution in [3.8, 4) is 0 Å². The Labute approximate surface area is 145 Å². The molecule has 6 nitrogen and oxygen atoms in total. The molecule has 1 amide bonds. The number of carbonyl (C=O) groups excluding carboxylic acids is 1. The number of carbonyl (C=O) groups is 1. The second-order valence-electron chi connectivity index (χ2n) is 5.69. The Morgan fingerprint density at radius 3 is 2.58 bits per heavy atom. The first kappa shape index (κ1) is 20.0. The molecule has 0 aliphatic heterocycles. The lowest BCUT2D eigenvalue weighted by atomic mass is 10.1. The molecule has 1 unspecified atom stereocenters. The lowest BCUT2D eigenvalue weighted by Gasteiger charge is -2.15. The fraction of sp³-hybridized carbons (Fsp3) is 0.556. The van der Waals surface area contributed by atoms with Crippen LogP contribution in [0.2, 0.25) is 0 Å². The molecule has 1 atom stereocenters. The number of nitrogens with zero attached hydrogens (tertiary/aromatic N) is 2. The number of ether oxygens (including phenoxy) is 1. The van der Waals surface area contributed by atoms with Crippen LogP contribution in [0.4, 0.5) is 0 Å². The van der Waals surface area contributed by atoms with Crippen LogP contribution >= 0.6 is 0 Å². The average Bonchev–Trinajstić information content (AvgIpc) is 2.59. The molecule has 0 aliphatic carbocycles. The average molecular weight is 334 g/mol. The molecule has 0 aromatic heterocycles. The highest BCUT2D eigenvalue weighted by Gasteiger charge is 2.05. The Kier molecular flexibility index (Phi) is 9.53. The maximum absolute atomic E-state index is 11.6. The van der Waals surface area contributed by atoms with Gasteiger partial charge in [0.2, 0.25) is 5.91 Å². The van der Waals surface area contributed by atoms with Gasteiger partial charge < -0.3 is 20.3 Å². The molecule has 134 valence electrons. The van der Waals surface area contributed by atoms with E-state index in [2.05, 4.69) is 34.7 Å². The van der Waals surface area contributed by atoms with E-state index in [1.54, 1.807) is 14.1 Å². The Balaban J connectivity index is 2.27. The number of amides is 1. The highest BCUT2D eigenvalue weighted by atomic mass is 16.5. The summed E-state index contributed by atoms with van der Waals surface area (Å²) in [6.45, 7) is 6.35. The largest absolute Gasteiger partial charge is 0.374 e. The summed E-state index contributed by atoms with van der Waals surface area (Å²) in [5, 5.41) is 6.35. The topological polar surface area (TPSA) is 66.0 Å². The molecule has 1 rings (SSSR count). The molecule has 1 aromatic carbocycles. The van der Waals surface area contributed by atoms with Crippen LogP contribution in [0.5, 0.6) is 0 Å². The van der Waals surface area contributed by atoms with Crippen molar-refractivity contribution in [2.45, 2.75) is 26.4 Å². The molecule has 0 aliphatic rings. The van der Waals surface area contributed by atoms with E-state index >= 15 is 0 Å². The normalized spacial score (nSPS) is 12.6. The highest BCUT2D eigenvalue weighted by Crippen LogP contribution is 2.15. The van der Waals surface area contributed by atoms with Gasteiger partial charge in [0.15, 0.2) is 5.96 Å². The van der Waals surface area contributed by atoms with Gasteiger partial charge in [0.25, 0.3) is 0 Å². The first-order valence-electron chi connectivity index (χ1n) is 8.43. The zero-order chi connectivity index (χ0) is 17.8. The van der Waals surface area contributed by atoms with E-state index in [1.807, 2.05) is 25.1 Å². The van der Waals surface area contributed by atoms with E-state index in [4.69, 9.17) is 4.74 Å². The first-order chi connectivity index (χ1) is 11.5. The standard InChI is InChI=1S/C18H30N4O2/c1-5-19-18(21-14-17(23)22(3)4)20-12-9-13-24-15(2)16-10-7-6-8-11-16/h6-8,10-11,15H,5,9,12-14H2,1-4H3,(H2,19,20,21). The fourth-order valence-corrected chi connectivity index (χ4v) is 1.99. The zero-order valence-electron chi connectivity index (χ0n) is 15.2. The van der Waals surface area contributed by atoms with Gasteiger partial charge in [-0.25, -0.2) is 4.99 Å². The number of benzene rings is 1. The monoisotopic (exact) mass is 334 g/mol. The smallest absolute Gasteiger partial charge is 0.243 e. The van der Waals surface area contributed by atoms with Crippen molar-refractivity contribution < 1.29 is 9.53 Å². The van der Waals surface area contributed by atoms with Crippen LogP contribution in [0.3, 0.4) is 0 Å². The van der Waals surface area contributed by atoms with Crippen molar-refractivity contribution >= 4 is 11.9 Å². The molecule has 24 heavy (non-hydrogen) atoms. The van der Waals surface area contributed by atoms with E-state index in [1.165, 1.54) is 10.5 Å². The van der Waals surface area contributed by atoms with Gasteiger partial charge in [0, 0.05) is 33.8 Å².